The van der Waals surface area contributed by atoms with Crippen molar-refractivity contribution in [1.82, 2.24) is 19.9 Å². The molecule has 1 radical (unpaired) electrons. The average molecular weight is 1100 g/mol. The summed E-state index contributed by atoms with van der Waals surface area (Å²) in [7, 11) is 0. The van der Waals surface area contributed by atoms with Crippen LogP contribution >= 0.6 is 0 Å². The van der Waals surface area contributed by atoms with Crippen LogP contribution in [-0.4, -0.2) is 33.1 Å². The molecule has 7 aromatic rings. The SMILES string of the molecule is C1CCOC1.FC(F)(F)c1ccc(-c2c3nc(c(-c4ccc(C(F)(F)F)cc4)c4ccc([nH]4)c(-c4ccc(C(F)(F)F)cc4)c4nc(c(-c5ccc(C(F)(F)F)cc5)c5ccc2[nH]5)C=C4)C=C3)cc1.[C-]#[O+].[Co+3].[Cr+3]. The maximum absolute atomic E-state index is 13.7. The maximum Gasteiger partial charge on any atom is 3.00 e. The summed E-state index contributed by atoms with van der Waals surface area (Å²) in [6, 6.07) is 23.7. The van der Waals surface area contributed by atoms with Gasteiger partial charge in [-0.2, -0.15) is 52.7 Å². The molecule has 73 heavy (non-hydrogen) atoms. The topological polar surface area (TPSA) is 86.5 Å². The van der Waals surface area contributed by atoms with E-state index >= 15 is 0 Å². The molecule has 6 heterocycles. The van der Waals surface area contributed by atoms with Crippen LogP contribution in [0, 0.1) is 6.65 Å². The van der Waals surface area contributed by atoms with E-state index in [0.29, 0.717) is 44.3 Å². The first-order valence-corrected chi connectivity index (χ1v) is 21.4. The molecule has 3 aliphatic heterocycles. The maximum atomic E-state index is 13.7. The number of halogens is 12. The van der Waals surface area contributed by atoms with E-state index in [4.69, 9.17) is 19.4 Å². The Bertz CT molecular complexity index is 2900. The van der Waals surface area contributed by atoms with Crippen LogP contribution < -0.4 is 0 Å². The zero-order chi connectivity index (χ0) is 50.9. The normalized spacial score (nSPS) is 13.2. The van der Waals surface area contributed by atoms with Gasteiger partial charge in [-0.3, -0.25) is 0 Å². The van der Waals surface area contributed by atoms with Gasteiger partial charge >= 0.3 is 70.1 Å². The molecule has 10 rings (SSSR count). The van der Waals surface area contributed by atoms with Crippen LogP contribution in [0.4, 0.5) is 52.7 Å². The number of rotatable bonds is 4. The van der Waals surface area contributed by atoms with Crippen molar-refractivity contribution in [2.24, 2.45) is 0 Å². The predicted octanol–water partition coefficient (Wildman–Crippen LogP) is 16.2. The number of benzene rings is 4. The zero-order valence-electron chi connectivity index (χ0n) is 37.2. The molecule has 20 heteroatoms. The minimum atomic E-state index is -4.66. The Hall–Kier alpha value is -6.62. The minimum absolute atomic E-state index is 0. The van der Waals surface area contributed by atoms with Crippen LogP contribution in [0.1, 0.15) is 57.9 Å². The number of ether oxygens (including phenoxy) is 1. The third-order valence-corrected chi connectivity index (χ3v) is 11.6. The van der Waals surface area contributed by atoms with E-state index in [0.717, 1.165) is 61.7 Å². The second-order valence-corrected chi connectivity index (χ2v) is 16.1. The number of fused-ring (bicyclic) bond motifs is 8. The van der Waals surface area contributed by atoms with Crippen molar-refractivity contribution in [3.63, 3.8) is 0 Å². The van der Waals surface area contributed by atoms with E-state index in [9.17, 15) is 52.7 Å². The summed E-state index contributed by atoms with van der Waals surface area (Å²) in [6.45, 7) is 6.50. The Balaban J connectivity index is 0.000000901. The van der Waals surface area contributed by atoms with Crippen LogP contribution in [0.5, 0.6) is 0 Å². The fourth-order valence-electron chi connectivity index (χ4n) is 8.23. The quantitative estimate of drug-likeness (QED) is 0.105. The van der Waals surface area contributed by atoms with Gasteiger partial charge in [0.15, 0.2) is 0 Å². The van der Waals surface area contributed by atoms with Crippen LogP contribution in [0.3, 0.4) is 0 Å². The summed E-state index contributed by atoms with van der Waals surface area (Å²) >= 11 is 0. The van der Waals surface area contributed by atoms with Crippen LogP contribution in [0.2, 0.25) is 0 Å². The van der Waals surface area contributed by atoms with Gasteiger partial charge in [-0.25, -0.2) is 9.97 Å². The molecule has 0 aliphatic carbocycles. The molecule has 2 N–H and O–H groups in total. The van der Waals surface area contributed by atoms with Crippen LogP contribution in [0.15, 0.2) is 121 Å². The van der Waals surface area contributed by atoms with Crippen LogP contribution in [-0.2, 0) is 68.2 Å². The molecule has 0 atom stereocenters. The Morgan fingerprint density at radius 1 is 0.370 bits per heavy atom. The number of aromatic amines is 2. The number of hydrogen-bond acceptors (Lipinski definition) is 3. The van der Waals surface area contributed by atoms with E-state index < -0.39 is 47.0 Å². The van der Waals surface area contributed by atoms with E-state index in [1.165, 1.54) is 61.4 Å². The molecule has 0 spiro atoms. The Morgan fingerprint density at radius 3 is 0.740 bits per heavy atom. The van der Waals surface area contributed by atoms with Gasteiger partial charge in [-0.05, 0) is 132 Å². The smallest absolute Gasteiger partial charge is 3.00 e. The van der Waals surface area contributed by atoms with Crippen molar-refractivity contribution in [3.05, 3.63) is 173 Å². The molecule has 0 saturated carbocycles. The first-order chi connectivity index (χ1) is 33.7. The second-order valence-electron chi connectivity index (χ2n) is 16.1. The molecule has 371 valence electrons. The second kappa shape index (κ2) is 22.2. The molecule has 1 fully saturated rings. The number of nitrogens with one attached hydrogen (secondary N) is 2. The van der Waals surface area contributed by atoms with Gasteiger partial charge in [0.25, 0.3) is 0 Å². The van der Waals surface area contributed by atoms with Gasteiger partial charge in [0.05, 0.1) is 45.0 Å². The fraction of sp³-hybridized carbons (Fsp3) is 0.151. The first kappa shape index (κ1) is 55.7. The van der Waals surface area contributed by atoms with Gasteiger partial charge < -0.3 is 14.7 Å². The number of nitrogens with zero attached hydrogens (tertiary/aromatic N) is 2. The third kappa shape index (κ3) is 12.3. The monoisotopic (exact) mass is 1100 g/mol. The molecule has 0 unspecified atom stereocenters. The van der Waals surface area contributed by atoms with Gasteiger partial charge in [0.1, 0.15) is 0 Å². The van der Waals surface area contributed by atoms with E-state index in [1.807, 2.05) is 0 Å². The van der Waals surface area contributed by atoms with Crippen molar-refractivity contribution in [2.75, 3.05) is 13.2 Å². The molecule has 8 bridgehead atoms. The first-order valence-electron chi connectivity index (χ1n) is 21.4. The van der Waals surface area contributed by atoms with E-state index in [2.05, 4.69) is 16.6 Å². The standard InChI is InChI=1S/C48H26F12N4.C4H8O.CO.Co.Cr/c49-45(50,51)29-9-1-25(2-10-29)41-33-17-19-35(61-33)42(26-3-11-30(12-4-26)46(52,53)54)37-21-23-39(63-37)44(28-7-15-32(16-8-28)48(58,59)60)40-24-22-38(64-40)43(36-20-18-34(41)62-36)27-5-13-31(14-6-27)47(55,56)57;1-2-4-5-3-1;1-2;;/h1-24,61,64H;1-4H2;;;/q;;;2*+3. The number of alkyl halides is 12. The van der Waals surface area contributed by atoms with Gasteiger partial charge in [-0.1, -0.05) is 48.5 Å². The molecule has 0 amide bonds. The van der Waals surface area contributed by atoms with E-state index in [1.54, 1.807) is 48.6 Å². The minimum Gasteiger partial charge on any atom is 3.00 e. The third-order valence-electron chi connectivity index (χ3n) is 11.6. The Kier molecular flexibility index (Phi) is 17.0. The van der Waals surface area contributed by atoms with Crippen molar-refractivity contribution in [3.8, 4) is 44.5 Å². The zero-order valence-corrected chi connectivity index (χ0v) is 39.5. The van der Waals surface area contributed by atoms with E-state index in [-0.39, 0.29) is 79.2 Å². The molecular weight excluding hydrogens is 1060 g/mol. The van der Waals surface area contributed by atoms with Crippen molar-refractivity contribution in [2.45, 2.75) is 37.5 Å². The summed E-state index contributed by atoms with van der Waals surface area (Å²) in [5.41, 5.74) is 0.862. The summed E-state index contributed by atoms with van der Waals surface area (Å²) in [6.07, 6.45) is -9.74. The summed E-state index contributed by atoms with van der Waals surface area (Å²) < 4.78 is 177. The molecule has 1 saturated heterocycles. The average Bonchev–Trinajstić information content (AvgIpc) is 4.21. The summed E-state index contributed by atoms with van der Waals surface area (Å²) in [5, 5.41) is 0. The summed E-state index contributed by atoms with van der Waals surface area (Å²) in [5.74, 6) is 0. The Labute approximate surface area is 428 Å². The van der Waals surface area contributed by atoms with Crippen molar-refractivity contribution < 1.29 is 96.2 Å². The fourth-order valence-corrected chi connectivity index (χ4v) is 8.23. The van der Waals surface area contributed by atoms with Gasteiger partial charge in [0, 0.05) is 57.5 Å². The molecule has 6 nitrogen and oxygen atoms in total. The predicted molar refractivity (Wildman–Crippen MR) is 245 cm³/mol. The molecular formula is C53H34CoCrF12N4O2+6. The molecule has 4 aromatic carbocycles. The van der Waals surface area contributed by atoms with Crippen LogP contribution in [0.25, 0.3) is 90.9 Å². The summed E-state index contributed by atoms with van der Waals surface area (Å²) in [4.78, 5) is 16.3. The molecule has 3 aliphatic rings. The van der Waals surface area contributed by atoms with Gasteiger partial charge in [-0.15, -0.1) is 0 Å². The molecule has 3 aromatic heterocycles. The number of aromatic nitrogens is 4. The number of hydrogen-bond donors (Lipinski definition) is 2. The number of H-pyrrole nitrogens is 2. The van der Waals surface area contributed by atoms with Crippen molar-refractivity contribution in [1.29, 1.82) is 0 Å². The van der Waals surface area contributed by atoms with Gasteiger partial charge in [0.2, 0.25) is 0 Å². The Morgan fingerprint density at radius 2 is 0.575 bits per heavy atom. The van der Waals surface area contributed by atoms with Crippen molar-refractivity contribution >= 4 is 46.4 Å². The largest absolute Gasteiger partial charge is 3.00 e.